The van der Waals surface area contributed by atoms with Crippen molar-refractivity contribution in [1.29, 1.82) is 0 Å². The molecule has 0 saturated heterocycles. The number of nitrogens with zero attached hydrogens (tertiary/aromatic N) is 5. The summed E-state index contributed by atoms with van der Waals surface area (Å²) in [6.45, 7) is 6.73. The van der Waals surface area contributed by atoms with Crippen molar-refractivity contribution in [3.8, 4) is 28.4 Å². The molecule has 1 aliphatic heterocycles. The van der Waals surface area contributed by atoms with Crippen molar-refractivity contribution in [2.75, 3.05) is 0 Å². The van der Waals surface area contributed by atoms with Crippen LogP contribution in [0, 0.1) is 6.92 Å². The summed E-state index contributed by atoms with van der Waals surface area (Å²) in [5.74, 6) is 1.52. The maximum Gasteiger partial charge on any atom is 0.147 e. The minimum Gasteiger partial charge on any atom is -0.457 e. The van der Waals surface area contributed by atoms with Crippen LogP contribution in [0.2, 0.25) is 0 Å². The number of imidazole rings is 1. The zero-order valence-electron chi connectivity index (χ0n) is 26.2. The van der Waals surface area contributed by atoms with Crippen LogP contribution in [0.5, 0.6) is 11.5 Å². The van der Waals surface area contributed by atoms with E-state index in [9.17, 15) is 0 Å². The summed E-state index contributed by atoms with van der Waals surface area (Å²) in [5, 5.41) is 5.55. The van der Waals surface area contributed by atoms with E-state index in [-0.39, 0.29) is 5.41 Å². The first kappa shape index (κ1) is 26.2. The van der Waals surface area contributed by atoms with E-state index in [1.54, 1.807) is 0 Å². The highest BCUT2D eigenvalue weighted by molar-refractivity contribution is 6.12. The average Bonchev–Trinajstić information content (AvgIpc) is 3.69. The Hall–Kier alpha value is -6.01. The van der Waals surface area contributed by atoms with Crippen LogP contribution in [0.3, 0.4) is 0 Å². The van der Waals surface area contributed by atoms with Crippen LogP contribution in [-0.4, -0.2) is 23.9 Å². The van der Waals surface area contributed by atoms with E-state index in [0.717, 1.165) is 66.9 Å². The van der Waals surface area contributed by atoms with Gasteiger partial charge in [0.2, 0.25) is 0 Å². The van der Waals surface area contributed by atoms with Crippen LogP contribution in [-0.2, 0) is 5.41 Å². The van der Waals surface area contributed by atoms with E-state index in [2.05, 4.69) is 121 Å². The predicted molar refractivity (Wildman–Crippen MR) is 189 cm³/mol. The minimum atomic E-state index is -0.184. The zero-order valence-corrected chi connectivity index (χ0v) is 26.2. The molecule has 0 saturated carbocycles. The number of para-hydroxylation sites is 1. The number of pyridine rings is 3. The second-order valence-electron chi connectivity index (χ2n) is 13.0. The summed E-state index contributed by atoms with van der Waals surface area (Å²) in [7, 11) is 0. The number of aryl methyl sites for hydroxylation is 1. The van der Waals surface area contributed by atoms with Gasteiger partial charge in [0.15, 0.2) is 0 Å². The van der Waals surface area contributed by atoms with Gasteiger partial charge >= 0.3 is 0 Å². The van der Waals surface area contributed by atoms with Crippen molar-refractivity contribution in [1.82, 2.24) is 23.9 Å². The summed E-state index contributed by atoms with van der Waals surface area (Å²) in [6.07, 6.45) is 5.81. The summed E-state index contributed by atoms with van der Waals surface area (Å²) in [5.41, 5.74) is 10.6. The topological polar surface area (TPSA) is 57.2 Å². The van der Waals surface area contributed by atoms with Gasteiger partial charge in [-0.1, -0.05) is 62.4 Å². The Kier molecular flexibility index (Phi) is 5.17. The maximum absolute atomic E-state index is 6.68. The fourth-order valence-electron chi connectivity index (χ4n) is 7.73. The zero-order chi connectivity index (χ0) is 31.4. The predicted octanol–water partition coefficient (Wildman–Crippen LogP) is 9.93. The van der Waals surface area contributed by atoms with Gasteiger partial charge in [-0.05, 0) is 77.5 Å². The van der Waals surface area contributed by atoms with Gasteiger partial charge in [0.1, 0.15) is 28.4 Å². The fourth-order valence-corrected chi connectivity index (χ4v) is 7.73. The van der Waals surface area contributed by atoms with Crippen LogP contribution < -0.4 is 4.74 Å². The number of aromatic nitrogens is 5. The summed E-state index contributed by atoms with van der Waals surface area (Å²) in [4.78, 5) is 14.8. The van der Waals surface area contributed by atoms with E-state index in [4.69, 9.17) is 19.7 Å². The molecular formula is C41H29N5O. The number of rotatable bonds is 3. The Labute approximate surface area is 270 Å². The van der Waals surface area contributed by atoms with E-state index < -0.39 is 0 Å². The van der Waals surface area contributed by atoms with E-state index in [1.165, 1.54) is 27.6 Å². The largest absolute Gasteiger partial charge is 0.457 e. The molecule has 10 rings (SSSR count). The molecule has 0 atom stereocenters. The van der Waals surface area contributed by atoms with Crippen LogP contribution in [0.1, 0.15) is 30.5 Å². The highest BCUT2D eigenvalue weighted by Crippen LogP contribution is 2.48. The second-order valence-corrected chi connectivity index (χ2v) is 13.0. The molecule has 6 heterocycles. The van der Waals surface area contributed by atoms with Crippen molar-refractivity contribution in [3.63, 3.8) is 0 Å². The number of hydrogen-bond donors (Lipinski definition) is 0. The fraction of sp³-hybridized carbons (Fsp3) is 0.0976. The first-order valence-electron chi connectivity index (χ1n) is 15.9. The van der Waals surface area contributed by atoms with E-state index in [0.29, 0.717) is 0 Å². The molecule has 6 nitrogen and oxygen atoms in total. The lowest BCUT2D eigenvalue weighted by Crippen LogP contribution is -2.26. The lowest BCUT2D eigenvalue weighted by atomic mass is 9.74. The van der Waals surface area contributed by atoms with Gasteiger partial charge < -0.3 is 4.74 Å². The van der Waals surface area contributed by atoms with Gasteiger partial charge in [0, 0.05) is 57.2 Å². The molecule has 0 radical (unpaired) electrons. The van der Waals surface area contributed by atoms with E-state index >= 15 is 0 Å². The number of benzene rings is 4. The molecule has 5 aromatic heterocycles. The monoisotopic (exact) mass is 607 g/mol. The average molecular weight is 608 g/mol. The quantitative estimate of drug-likeness (QED) is 0.188. The molecule has 0 unspecified atom stereocenters. The van der Waals surface area contributed by atoms with Crippen LogP contribution in [0.25, 0.3) is 66.3 Å². The van der Waals surface area contributed by atoms with Gasteiger partial charge in [-0.3, -0.25) is 8.97 Å². The van der Waals surface area contributed by atoms with Crippen molar-refractivity contribution in [3.05, 3.63) is 138 Å². The number of ether oxygens (including phenoxy) is 1. The normalized spacial score (nSPS) is 13.6. The molecule has 0 aliphatic carbocycles. The van der Waals surface area contributed by atoms with Gasteiger partial charge in [-0.15, -0.1) is 0 Å². The molecule has 0 amide bonds. The Morgan fingerprint density at radius 2 is 1.36 bits per heavy atom. The van der Waals surface area contributed by atoms with Crippen LogP contribution in [0.15, 0.2) is 122 Å². The molecule has 47 heavy (non-hydrogen) atoms. The highest BCUT2D eigenvalue weighted by Gasteiger charge is 2.35. The molecule has 0 fully saturated rings. The Morgan fingerprint density at radius 3 is 2.21 bits per heavy atom. The SMILES string of the molecule is Cc1ccccc1-c1cn2c3ncccc3c3ccc(Oc4ccc5c(c4)-n4c6ncccc6c6cccc(c64)C5(C)C)cc3c2n1. The lowest BCUT2D eigenvalue weighted by molar-refractivity contribution is 0.482. The molecule has 6 heteroatoms. The Balaban J connectivity index is 1.15. The van der Waals surface area contributed by atoms with Crippen molar-refractivity contribution >= 4 is 49.4 Å². The van der Waals surface area contributed by atoms with Gasteiger partial charge in [-0.2, -0.15) is 0 Å². The Morgan fingerprint density at radius 1 is 0.617 bits per heavy atom. The molecular weight excluding hydrogens is 578 g/mol. The third-order valence-electron chi connectivity index (χ3n) is 10.0. The van der Waals surface area contributed by atoms with Gasteiger partial charge in [-0.25, -0.2) is 15.0 Å². The minimum absolute atomic E-state index is 0.184. The molecule has 0 N–H and O–H groups in total. The van der Waals surface area contributed by atoms with Crippen molar-refractivity contribution in [2.24, 2.45) is 0 Å². The lowest BCUT2D eigenvalue weighted by Gasteiger charge is -2.34. The molecule has 1 aliphatic rings. The molecule has 224 valence electrons. The maximum atomic E-state index is 6.68. The third-order valence-corrected chi connectivity index (χ3v) is 10.0. The Bertz CT molecular complexity index is 2770. The van der Waals surface area contributed by atoms with Crippen LogP contribution in [0.4, 0.5) is 0 Å². The standard InChI is InChI=1S/C41H29N5O/c1-24-9-4-5-10-27(24)35-23-45-38-30(12-7-19-42-38)28-17-15-25(21-32(28)40(45)44-35)47-26-16-18-33-36(22-26)46-37-29(31-13-8-20-43-39(31)46)11-6-14-34(37)41(33,2)3/h4-23H,1-3H3. The van der Waals surface area contributed by atoms with Crippen LogP contribution >= 0.6 is 0 Å². The molecule has 9 aromatic rings. The van der Waals surface area contributed by atoms with Gasteiger partial charge in [0.25, 0.3) is 0 Å². The first-order valence-corrected chi connectivity index (χ1v) is 15.9. The second kappa shape index (κ2) is 9.27. The molecule has 0 spiro atoms. The molecule has 4 aromatic carbocycles. The summed E-state index contributed by atoms with van der Waals surface area (Å²) in [6, 6.07) is 36.0. The smallest absolute Gasteiger partial charge is 0.147 e. The number of hydrogen-bond acceptors (Lipinski definition) is 4. The summed E-state index contributed by atoms with van der Waals surface area (Å²) >= 11 is 0. The summed E-state index contributed by atoms with van der Waals surface area (Å²) < 4.78 is 11.1. The number of fused-ring (bicyclic) bond motifs is 11. The first-order chi connectivity index (χ1) is 23.0. The third kappa shape index (κ3) is 3.58. The van der Waals surface area contributed by atoms with Gasteiger partial charge in [0.05, 0.1) is 16.9 Å². The van der Waals surface area contributed by atoms with E-state index in [1.807, 2.05) is 30.6 Å². The molecule has 0 bridgehead atoms. The van der Waals surface area contributed by atoms with Crippen molar-refractivity contribution < 1.29 is 4.74 Å². The van der Waals surface area contributed by atoms with Crippen molar-refractivity contribution in [2.45, 2.75) is 26.2 Å². The highest BCUT2D eigenvalue weighted by atomic mass is 16.5.